The van der Waals surface area contributed by atoms with Gasteiger partial charge in [0.25, 0.3) is 5.91 Å². The topological polar surface area (TPSA) is 66.4 Å². The second kappa shape index (κ2) is 6.88. The Morgan fingerprint density at radius 2 is 2.04 bits per heavy atom. The molecule has 2 aliphatic heterocycles. The number of amides is 2. The Labute approximate surface area is 161 Å². The second-order valence-electron chi connectivity index (χ2n) is 8.97. The molecule has 1 aromatic rings. The van der Waals surface area contributed by atoms with Gasteiger partial charge in [-0.2, -0.15) is 0 Å². The van der Waals surface area contributed by atoms with E-state index < -0.39 is 0 Å². The summed E-state index contributed by atoms with van der Waals surface area (Å²) in [5, 5.41) is 0. The maximum absolute atomic E-state index is 13.2. The highest BCUT2D eigenvalue weighted by molar-refractivity contribution is 5.95. The molecule has 3 heterocycles. The lowest BCUT2D eigenvalue weighted by molar-refractivity contribution is -0.139. The van der Waals surface area contributed by atoms with E-state index >= 15 is 0 Å². The minimum absolute atomic E-state index is 0.0387. The third kappa shape index (κ3) is 3.58. The van der Waals surface area contributed by atoms with Crippen molar-refractivity contribution in [2.24, 2.45) is 5.41 Å². The standard InChI is InChI=1S/C21H30N4O2/c1-14(2)19-22-11-17(15(3)23-19)20(27)24-10-4-8-21(12-24)9-7-18(26)25(13-21)16-5-6-16/h11,14,16H,4-10,12-13H2,1-3H3/t21-/m1/s1. The molecule has 0 unspecified atom stereocenters. The first-order chi connectivity index (χ1) is 12.9. The van der Waals surface area contributed by atoms with Crippen LogP contribution < -0.4 is 0 Å². The van der Waals surface area contributed by atoms with Crippen molar-refractivity contribution in [3.05, 3.63) is 23.3 Å². The molecule has 1 atom stereocenters. The predicted octanol–water partition coefficient (Wildman–Crippen LogP) is 2.92. The molecule has 3 aliphatic rings. The third-order valence-electron chi connectivity index (χ3n) is 6.38. The molecule has 6 heteroatoms. The Hall–Kier alpha value is -1.98. The monoisotopic (exact) mass is 370 g/mol. The van der Waals surface area contributed by atoms with E-state index in [0.717, 1.165) is 63.3 Å². The highest BCUT2D eigenvalue weighted by Gasteiger charge is 2.46. The van der Waals surface area contributed by atoms with Gasteiger partial charge in [-0.3, -0.25) is 9.59 Å². The van der Waals surface area contributed by atoms with Crippen LogP contribution in [0.25, 0.3) is 0 Å². The zero-order valence-corrected chi connectivity index (χ0v) is 16.7. The smallest absolute Gasteiger partial charge is 0.257 e. The number of aryl methyl sites for hydroxylation is 1. The summed E-state index contributed by atoms with van der Waals surface area (Å²) < 4.78 is 0. The SMILES string of the molecule is Cc1nc(C(C)C)ncc1C(=O)N1CCC[C@@]2(CCC(=O)N(C3CC3)C2)C1. The first-order valence-electron chi connectivity index (χ1n) is 10.3. The van der Waals surface area contributed by atoms with Crippen molar-refractivity contribution < 1.29 is 9.59 Å². The average molecular weight is 370 g/mol. The normalized spacial score (nSPS) is 26.1. The van der Waals surface area contributed by atoms with E-state index in [-0.39, 0.29) is 17.2 Å². The van der Waals surface area contributed by atoms with E-state index in [4.69, 9.17) is 0 Å². The zero-order chi connectivity index (χ0) is 19.2. The van der Waals surface area contributed by atoms with Crippen LogP contribution in [0.2, 0.25) is 0 Å². The molecule has 6 nitrogen and oxygen atoms in total. The number of piperidine rings is 2. The molecule has 2 saturated heterocycles. The van der Waals surface area contributed by atoms with E-state index in [1.54, 1.807) is 6.20 Å². The van der Waals surface area contributed by atoms with Gasteiger partial charge in [0.05, 0.1) is 11.3 Å². The van der Waals surface area contributed by atoms with Crippen molar-refractivity contribution in [1.29, 1.82) is 0 Å². The number of likely N-dealkylation sites (tertiary alicyclic amines) is 2. The molecule has 2 amide bonds. The maximum Gasteiger partial charge on any atom is 0.257 e. The fourth-order valence-electron chi connectivity index (χ4n) is 4.62. The highest BCUT2D eigenvalue weighted by Crippen LogP contribution is 2.42. The number of hydrogen-bond donors (Lipinski definition) is 0. The van der Waals surface area contributed by atoms with Gasteiger partial charge in [0.2, 0.25) is 5.91 Å². The summed E-state index contributed by atoms with van der Waals surface area (Å²) in [4.78, 5) is 38.5. The number of carbonyl (C=O) groups excluding carboxylic acids is 2. The largest absolute Gasteiger partial charge is 0.339 e. The lowest BCUT2D eigenvalue weighted by Crippen LogP contribution is -2.55. The van der Waals surface area contributed by atoms with Crippen LogP contribution in [0.1, 0.15) is 80.2 Å². The maximum atomic E-state index is 13.2. The molecular weight excluding hydrogens is 340 g/mol. The van der Waals surface area contributed by atoms with Crippen LogP contribution in [0, 0.1) is 12.3 Å². The Morgan fingerprint density at radius 3 is 2.70 bits per heavy atom. The van der Waals surface area contributed by atoms with Crippen molar-refractivity contribution in [1.82, 2.24) is 19.8 Å². The lowest BCUT2D eigenvalue weighted by Gasteiger charge is -2.48. The highest BCUT2D eigenvalue weighted by atomic mass is 16.2. The van der Waals surface area contributed by atoms with Gasteiger partial charge in [-0.25, -0.2) is 9.97 Å². The molecule has 1 aliphatic carbocycles. The van der Waals surface area contributed by atoms with E-state index in [9.17, 15) is 9.59 Å². The molecular formula is C21H30N4O2. The van der Waals surface area contributed by atoms with Crippen molar-refractivity contribution in [2.75, 3.05) is 19.6 Å². The van der Waals surface area contributed by atoms with Crippen LogP contribution >= 0.6 is 0 Å². The van der Waals surface area contributed by atoms with Crippen molar-refractivity contribution in [3.8, 4) is 0 Å². The minimum Gasteiger partial charge on any atom is -0.339 e. The number of hydrogen-bond acceptors (Lipinski definition) is 4. The molecule has 1 spiro atoms. The minimum atomic E-state index is 0.0387. The second-order valence-corrected chi connectivity index (χ2v) is 8.97. The summed E-state index contributed by atoms with van der Waals surface area (Å²) in [6.07, 6.45) is 7.62. The lowest BCUT2D eigenvalue weighted by atomic mass is 9.73. The fraction of sp³-hybridized carbons (Fsp3) is 0.714. The van der Waals surface area contributed by atoms with Crippen molar-refractivity contribution in [3.63, 3.8) is 0 Å². The Bertz CT molecular complexity index is 759. The average Bonchev–Trinajstić information content (AvgIpc) is 3.48. The number of nitrogens with zero attached hydrogens (tertiary/aromatic N) is 4. The van der Waals surface area contributed by atoms with Gasteiger partial charge in [0.15, 0.2) is 0 Å². The third-order valence-corrected chi connectivity index (χ3v) is 6.38. The van der Waals surface area contributed by atoms with Gasteiger partial charge < -0.3 is 9.80 Å². The molecule has 4 rings (SSSR count). The van der Waals surface area contributed by atoms with Crippen LogP contribution in [0.3, 0.4) is 0 Å². The molecule has 1 aromatic heterocycles. The summed E-state index contributed by atoms with van der Waals surface area (Å²) in [7, 11) is 0. The van der Waals surface area contributed by atoms with E-state index in [1.165, 1.54) is 0 Å². The Morgan fingerprint density at radius 1 is 1.26 bits per heavy atom. The molecule has 146 valence electrons. The molecule has 1 saturated carbocycles. The molecule has 0 N–H and O–H groups in total. The fourth-order valence-corrected chi connectivity index (χ4v) is 4.62. The first-order valence-corrected chi connectivity index (χ1v) is 10.3. The Balaban J connectivity index is 1.51. The number of carbonyl (C=O) groups is 2. The number of aromatic nitrogens is 2. The van der Waals surface area contributed by atoms with Gasteiger partial charge in [-0.1, -0.05) is 13.8 Å². The molecule has 0 radical (unpaired) electrons. The van der Waals surface area contributed by atoms with Gasteiger partial charge in [0.1, 0.15) is 5.82 Å². The summed E-state index contributed by atoms with van der Waals surface area (Å²) >= 11 is 0. The van der Waals surface area contributed by atoms with Gasteiger partial charge in [-0.05, 0) is 39.0 Å². The van der Waals surface area contributed by atoms with Gasteiger partial charge in [0, 0.05) is 49.6 Å². The van der Waals surface area contributed by atoms with Crippen LogP contribution in [0.5, 0.6) is 0 Å². The zero-order valence-electron chi connectivity index (χ0n) is 16.7. The first kappa shape index (κ1) is 18.4. The summed E-state index contributed by atoms with van der Waals surface area (Å²) in [5.74, 6) is 1.38. The Kier molecular flexibility index (Phi) is 4.68. The molecule has 3 fully saturated rings. The van der Waals surface area contributed by atoms with Crippen molar-refractivity contribution in [2.45, 2.75) is 71.3 Å². The van der Waals surface area contributed by atoms with E-state index in [0.29, 0.717) is 23.9 Å². The van der Waals surface area contributed by atoms with Gasteiger partial charge in [-0.15, -0.1) is 0 Å². The predicted molar refractivity (Wildman–Crippen MR) is 102 cm³/mol. The van der Waals surface area contributed by atoms with Crippen LogP contribution in [-0.4, -0.2) is 57.3 Å². The van der Waals surface area contributed by atoms with Gasteiger partial charge >= 0.3 is 0 Å². The van der Waals surface area contributed by atoms with Crippen LogP contribution in [0.15, 0.2) is 6.20 Å². The summed E-state index contributed by atoms with van der Waals surface area (Å²) in [6.45, 7) is 8.36. The van der Waals surface area contributed by atoms with Crippen LogP contribution in [-0.2, 0) is 4.79 Å². The summed E-state index contributed by atoms with van der Waals surface area (Å²) in [5.41, 5.74) is 1.44. The van der Waals surface area contributed by atoms with E-state index in [2.05, 4.69) is 28.7 Å². The molecule has 0 bridgehead atoms. The van der Waals surface area contributed by atoms with E-state index in [1.807, 2.05) is 11.8 Å². The molecule has 27 heavy (non-hydrogen) atoms. The van der Waals surface area contributed by atoms with Crippen molar-refractivity contribution >= 4 is 11.8 Å². The number of rotatable bonds is 3. The quantitative estimate of drug-likeness (QED) is 0.820. The van der Waals surface area contributed by atoms with Crippen LogP contribution in [0.4, 0.5) is 0 Å². The summed E-state index contributed by atoms with van der Waals surface area (Å²) in [6, 6.07) is 0.458. The molecule has 0 aromatic carbocycles.